The minimum absolute atomic E-state index is 0.511. The van der Waals surface area contributed by atoms with E-state index in [4.69, 9.17) is 9.47 Å². The second-order valence-corrected chi connectivity index (χ2v) is 10.8. The third kappa shape index (κ3) is 5.88. The van der Waals surface area contributed by atoms with E-state index in [0.29, 0.717) is 23.7 Å². The zero-order valence-electron chi connectivity index (χ0n) is 22.8. The molecule has 0 aliphatic heterocycles. The second kappa shape index (κ2) is 12.0. The first-order valence-electron chi connectivity index (χ1n) is 13.5. The Hall–Kier alpha value is -2.22. The smallest absolute Gasteiger partial charge is 0.135 e. The second-order valence-electron chi connectivity index (χ2n) is 10.8. The summed E-state index contributed by atoms with van der Waals surface area (Å²) in [5.41, 5.74) is 2.58. The van der Waals surface area contributed by atoms with E-state index < -0.39 is 0 Å². The van der Waals surface area contributed by atoms with Crippen LogP contribution in [0.15, 0.2) is 36.4 Å². The fourth-order valence-corrected chi connectivity index (χ4v) is 4.91. The predicted octanol–water partition coefficient (Wildman–Crippen LogP) is 9.51. The van der Waals surface area contributed by atoms with E-state index in [1.807, 2.05) is 0 Å². The van der Waals surface area contributed by atoms with Crippen LogP contribution in [0.25, 0.3) is 21.5 Å². The molecular formula is C32H46O2. The Balaban J connectivity index is 2.07. The van der Waals surface area contributed by atoms with Crippen LogP contribution in [-0.4, -0.2) is 13.2 Å². The summed E-state index contributed by atoms with van der Waals surface area (Å²) in [5.74, 6) is 4.34. The van der Waals surface area contributed by atoms with Crippen LogP contribution < -0.4 is 9.47 Å². The average Bonchev–Trinajstić information content (AvgIpc) is 2.82. The van der Waals surface area contributed by atoms with Crippen LogP contribution in [0.3, 0.4) is 0 Å². The van der Waals surface area contributed by atoms with Gasteiger partial charge in [0.1, 0.15) is 11.5 Å². The molecule has 0 aliphatic rings. The van der Waals surface area contributed by atoms with Crippen molar-refractivity contribution in [2.24, 2.45) is 23.7 Å². The van der Waals surface area contributed by atoms with Gasteiger partial charge in [0.15, 0.2) is 0 Å². The Morgan fingerprint density at radius 3 is 1.32 bits per heavy atom. The van der Waals surface area contributed by atoms with Crippen molar-refractivity contribution in [3.8, 4) is 11.5 Å². The maximum atomic E-state index is 6.65. The number of fused-ring (bicyclic) bond motifs is 2. The molecular weight excluding hydrogens is 416 g/mol. The number of hydrogen-bond donors (Lipinski definition) is 0. The minimum atomic E-state index is 0.511. The highest BCUT2D eigenvalue weighted by atomic mass is 16.5. The molecule has 0 aromatic heterocycles. The lowest BCUT2D eigenvalue weighted by Gasteiger charge is -2.24. The van der Waals surface area contributed by atoms with E-state index in [1.54, 1.807) is 0 Å². The molecule has 0 aliphatic carbocycles. The van der Waals surface area contributed by atoms with Crippen LogP contribution in [-0.2, 0) is 0 Å². The lowest BCUT2D eigenvalue weighted by molar-refractivity contribution is 0.210. The molecule has 0 saturated carbocycles. The van der Waals surface area contributed by atoms with Gasteiger partial charge in [-0.3, -0.25) is 0 Å². The monoisotopic (exact) mass is 462 g/mol. The summed E-state index contributed by atoms with van der Waals surface area (Å²) in [6.07, 6.45) is 4.92. The Labute approximate surface area is 208 Å². The molecule has 0 bridgehead atoms. The number of hydrogen-bond acceptors (Lipinski definition) is 2. The Bertz CT molecular complexity index is 997. The van der Waals surface area contributed by atoms with E-state index >= 15 is 0 Å². The van der Waals surface area contributed by atoms with Gasteiger partial charge in [-0.2, -0.15) is 0 Å². The van der Waals surface area contributed by atoms with E-state index in [0.717, 1.165) is 35.5 Å². The van der Waals surface area contributed by atoms with Crippen molar-refractivity contribution in [3.63, 3.8) is 0 Å². The first kappa shape index (κ1) is 26.4. The maximum absolute atomic E-state index is 6.65. The van der Waals surface area contributed by atoms with Gasteiger partial charge in [0.05, 0.1) is 13.2 Å². The molecule has 186 valence electrons. The van der Waals surface area contributed by atoms with Gasteiger partial charge in [-0.25, -0.2) is 0 Å². The lowest BCUT2D eigenvalue weighted by atomic mass is 9.92. The number of aryl methyl sites for hydroxylation is 2. The van der Waals surface area contributed by atoms with Crippen molar-refractivity contribution in [1.29, 1.82) is 0 Å². The van der Waals surface area contributed by atoms with E-state index in [-0.39, 0.29) is 0 Å². The van der Waals surface area contributed by atoms with Gasteiger partial charge in [-0.1, -0.05) is 91.5 Å². The molecule has 0 saturated heterocycles. The molecule has 0 fully saturated rings. The first-order valence-corrected chi connectivity index (χ1v) is 13.5. The van der Waals surface area contributed by atoms with Gasteiger partial charge >= 0.3 is 0 Å². The fraction of sp³-hybridized carbons (Fsp3) is 0.562. The summed E-state index contributed by atoms with van der Waals surface area (Å²) in [5, 5.41) is 4.64. The highest BCUT2D eigenvalue weighted by Crippen LogP contribution is 2.44. The van der Waals surface area contributed by atoms with Crippen molar-refractivity contribution in [2.45, 2.75) is 81.1 Å². The molecule has 0 N–H and O–H groups in total. The molecule has 0 radical (unpaired) electrons. The van der Waals surface area contributed by atoms with Crippen LogP contribution in [0.4, 0.5) is 0 Å². The molecule has 3 rings (SSSR count). The van der Waals surface area contributed by atoms with E-state index in [2.05, 4.69) is 91.8 Å². The highest BCUT2D eigenvalue weighted by Gasteiger charge is 2.20. The average molecular weight is 463 g/mol. The third-order valence-corrected chi connectivity index (χ3v) is 7.95. The SMILES string of the molecule is CCCC(C)C(C)COc1c2ccccc2c(OCC(C)C(C)CCC)c2cc(C)c(C)cc12. The van der Waals surface area contributed by atoms with Crippen LogP contribution >= 0.6 is 0 Å². The summed E-state index contributed by atoms with van der Waals surface area (Å²) in [7, 11) is 0. The normalized spacial score (nSPS) is 15.3. The largest absolute Gasteiger partial charge is 0.492 e. The molecule has 4 atom stereocenters. The summed E-state index contributed by atoms with van der Waals surface area (Å²) < 4.78 is 13.3. The third-order valence-electron chi connectivity index (χ3n) is 7.95. The summed E-state index contributed by atoms with van der Waals surface area (Å²) in [6.45, 7) is 19.7. The molecule has 0 amide bonds. The quantitative estimate of drug-likeness (QED) is 0.249. The number of rotatable bonds is 12. The fourth-order valence-electron chi connectivity index (χ4n) is 4.91. The van der Waals surface area contributed by atoms with E-state index in [9.17, 15) is 0 Å². The van der Waals surface area contributed by atoms with Crippen LogP contribution in [0.5, 0.6) is 11.5 Å². The molecule has 2 heteroatoms. The molecule has 34 heavy (non-hydrogen) atoms. The van der Waals surface area contributed by atoms with Gasteiger partial charge in [-0.05, 0) is 60.8 Å². The topological polar surface area (TPSA) is 18.5 Å². The van der Waals surface area contributed by atoms with Gasteiger partial charge in [0, 0.05) is 21.5 Å². The van der Waals surface area contributed by atoms with Crippen LogP contribution in [0.1, 0.15) is 78.4 Å². The Kier molecular flexibility index (Phi) is 9.28. The zero-order valence-corrected chi connectivity index (χ0v) is 22.8. The van der Waals surface area contributed by atoms with Crippen molar-refractivity contribution in [1.82, 2.24) is 0 Å². The molecule has 0 spiro atoms. The van der Waals surface area contributed by atoms with Gasteiger partial charge in [-0.15, -0.1) is 0 Å². The van der Waals surface area contributed by atoms with Gasteiger partial charge in [0.25, 0.3) is 0 Å². The summed E-state index contributed by atoms with van der Waals surface area (Å²) in [6, 6.07) is 13.2. The molecule has 2 nitrogen and oxygen atoms in total. The maximum Gasteiger partial charge on any atom is 0.135 e. The van der Waals surface area contributed by atoms with Crippen LogP contribution in [0, 0.1) is 37.5 Å². The van der Waals surface area contributed by atoms with E-state index in [1.165, 1.54) is 47.6 Å². The highest BCUT2D eigenvalue weighted by molar-refractivity contribution is 6.11. The standard InChI is InChI=1S/C32H46O2/c1-9-13-21(3)25(7)19-33-31-27-15-11-12-16-28(27)32(34-20-26(8)22(4)14-10-2)30-18-24(6)23(5)17-29(30)31/h11-12,15-18,21-22,25-26H,9-10,13-14,19-20H2,1-8H3. The number of ether oxygens (including phenoxy) is 2. The van der Waals surface area contributed by atoms with Gasteiger partial charge < -0.3 is 9.47 Å². The van der Waals surface area contributed by atoms with Gasteiger partial charge in [0.2, 0.25) is 0 Å². The summed E-state index contributed by atoms with van der Waals surface area (Å²) >= 11 is 0. The van der Waals surface area contributed by atoms with Crippen molar-refractivity contribution < 1.29 is 9.47 Å². The molecule has 4 unspecified atom stereocenters. The number of benzene rings is 3. The van der Waals surface area contributed by atoms with Crippen molar-refractivity contribution >= 4 is 21.5 Å². The van der Waals surface area contributed by atoms with Crippen LogP contribution in [0.2, 0.25) is 0 Å². The first-order chi connectivity index (χ1) is 16.3. The molecule has 0 heterocycles. The predicted molar refractivity (Wildman–Crippen MR) is 148 cm³/mol. The Morgan fingerprint density at radius 2 is 0.971 bits per heavy atom. The zero-order chi connectivity index (χ0) is 24.8. The Morgan fingerprint density at radius 1 is 0.588 bits per heavy atom. The van der Waals surface area contributed by atoms with Crippen molar-refractivity contribution in [3.05, 3.63) is 47.5 Å². The van der Waals surface area contributed by atoms with Crippen molar-refractivity contribution in [2.75, 3.05) is 13.2 Å². The molecule has 3 aromatic carbocycles. The lowest BCUT2D eigenvalue weighted by Crippen LogP contribution is -2.17. The summed E-state index contributed by atoms with van der Waals surface area (Å²) in [4.78, 5) is 0. The molecule has 3 aromatic rings. The minimum Gasteiger partial charge on any atom is -0.492 e.